The average molecular weight is 721 g/mol. The van der Waals surface area contributed by atoms with Crippen molar-refractivity contribution in [2.45, 2.75) is 207 Å². The Bertz CT molecular complexity index is 971. The van der Waals surface area contributed by atoms with Crippen LogP contribution in [-0.4, -0.2) is 24.4 Å². The summed E-state index contributed by atoms with van der Waals surface area (Å²) in [5.74, 6) is 0.724. The van der Waals surface area contributed by atoms with Crippen LogP contribution >= 0.6 is 0 Å². The number of hydrogen-bond donors (Lipinski definition) is 2. The molecule has 0 fully saturated rings. The first-order chi connectivity index (χ1) is 25.5. The molecule has 2 amide bonds. The fourth-order valence-electron chi connectivity index (χ4n) is 6.17. The Morgan fingerprint density at radius 3 is 1.33 bits per heavy atom. The molecule has 0 aliphatic rings. The quantitative estimate of drug-likeness (QED) is 0.0496. The summed E-state index contributed by atoms with van der Waals surface area (Å²) in [6.45, 7) is 9.53. The van der Waals surface area contributed by atoms with Gasteiger partial charge in [-0.2, -0.15) is 0 Å². The van der Waals surface area contributed by atoms with Crippen LogP contribution < -0.4 is 10.6 Å². The summed E-state index contributed by atoms with van der Waals surface area (Å²) in [5.41, 5.74) is 0. The molecule has 4 nitrogen and oxygen atoms in total. The molecule has 0 bridgehead atoms. The molecule has 0 aliphatic heterocycles. The highest BCUT2D eigenvalue weighted by Crippen LogP contribution is 2.14. The highest BCUT2D eigenvalue weighted by Gasteiger charge is 2.15. The lowest BCUT2D eigenvalue weighted by molar-refractivity contribution is -0.122. The third-order valence-corrected chi connectivity index (χ3v) is 9.56. The Kier molecular flexibility index (Phi) is 39.1. The van der Waals surface area contributed by atoms with E-state index in [1.54, 1.807) is 0 Å². The van der Waals surface area contributed by atoms with Crippen molar-refractivity contribution in [1.82, 2.24) is 10.6 Å². The molecule has 0 rings (SSSR count). The topological polar surface area (TPSA) is 58.2 Å². The van der Waals surface area contributed by atoms with Gasteiger partial charge in [-0.25, -0.2) is 0 Å². The second-order valence-corrected chi connectivity index (χ2v) is 14.9. The zero-order valence-corrected chi connectivity index (χ0v) is 34.7. The second-order valence-electron chi connectivity index (χ2n) is 14.9. The van der Waals surface area contributed by atoms with Crippen LogP contribution in [0.5, 0.6) is 0 Å². The number of carbonyl (C=O) groups excluding carboxylic acids is 2. The summed E-state index contributed by atoms with van der Waals surface area (Å²) in [4.78, 5) is 24.8. The summed E-state index contributed by atoms with van der Waals surface area (Å²) >= 11 is 0. The molecule has 0 spiro atoms. The molecule has 2 N–H and O–H groups in total. The second kappa shape index (κ2) is 41.1. The van der Waals surface area contributed by atoms with Crippen LogP contribution in [0.15, 0.2) is 72.9 Å². The van der Waals surface area contributed by atoms with E-state index in [0.717, 1.165) is 77.2 Å². The van der Waals surface area contributed by atoms with E-state index in [4.69, 9.17) is 0 Å². The van der Waals surface area contributed by atoms with E-state index in [1.807, 2.05) is 0 Å². The van der Waals surface area contributed by atoms with Crippen molar-refractivity contribution >= 4 is 11.8 Å². The Balaban J connectivity index is 3.75. The molecule has 1 atom stereocenters. The van der Waals surface area contributed by atoms with E-state index in [-0.39, 0.29) is 17.9 Å². The van der Waals surface area contributed by atoms with Crippen LogP contribution in [0.2, 0.25) is 0 Å². The van der Waals surface area contributed by atoms with Crippen molar-refractivity contribution in [2.75, 3.05) is 6.54 Å². The van der Waals surface area contributed by atoms with Crippen molar-refractivity contribution in [2.24, 2.45) is 5.92 Å². The monoisotopic (exact) mass is 721 g/mol. The number of unbranched alkanes of at least 4 members (excludes halogenated alkanes) is 15. The van der Waals surface area contributed by atoms with Gasteiger partial charge in [-0.15, -0.1) is 0 Å². The third kappa shape index (κ3) is 38.6. The average Bonchev–Trinajstić information content (AvgIpc) is 3.13. The van der Waals surface area contributed by atoms with Gasteiger partial charge in [0, 0.05) is 25.4 Å². The van der Waals surface area contributed by atoms with Gasteiger partial charge in [-0.1, -0.05) is 190 Å². The first kappa shape index (κ1) is 49.4. The maximum absolute atomic E-state index is 12.6. The standard InChI is InChI=1S/C48H84N2O2/c1-5-7-9-11-13-15-17-19-21-22-23-24-26-28-30-32-34-36-38-43-48(52)50-46(45(3)4)41-39-40-44-49-47(51)42-37-35-33-31-29-27-25-20-18-16-14-12-10-8-6-2/h7,9,13,15,19,21,23-24,28,30,34,36,45-46H,5-6,8,10-12,14,16-18,20,22,25-27,29,31-33,35,37-44H2,1-4H3,(H,49,51)(H,50,52)/b9-7-,15-13-,21-19-,24-23-,30-28-,36-34-/t46-/m0/s1. The van der Waals surface area contributed by atoms with Crippen LogP contribution in [0.3, 0.4) is 0 Å². The van der Waals surface area contributed by atoms with Gasteiger partial charge in [0.05, 0.1) is 0 Å². The number of carbonyl (C=O) groups is 2. The number of nitrogens with one attached hydrogen (secondary N) is 2. The lowest BCUT2D eigenvalue weighted by atomic mass is 9.98. The first-order valence-corrected chi connectivity index (χ1v) is 22.0. The van der Waals surface area contributed by atoms with Crippen molar-refractivity contribution in [1.29, 1.82) is 0 Å². The molecule has 0 radical (unpaired) electrons. The molecule has 0 aromatic heterocycles. The molecule has 0 aromatic rings. The Labute approximate surface area is 323 Å². The highest BCUT2D eigenvalue weighted by atomic mass is 16.2. The number of hydrogen-bond acceptors (Lipinski definition) is 2. The van der Waals surface area contributed by atoms with Gasteiger partial charge in [0.25, 0.3) is 0 Å². The van der Waals surface area contributed by atoms with Crippen molar-refractivity contribution < 1.29 is 9.59 Å². The molecule has 0 heterocycles. The predicted molar refractivity (Wildman–Crippen MR) is 231 cm³/mol. The zero-order chi connectivity index (χ0) is 38.0. The molecule has 0 aliphatic carbocycles. The number of amides is 2. The molecule has 298 valence electrons. The molecule has 0 saturated heterocycles. The van der Waals surface area contributed by atoms with Crippen molar-refractivity contribution in [3.05, 3.63) is 72.9 Å². The SMILES string of the molecule is CC/C=C\C/C=C\C/C=C\C/C=C\C/C=C\C/C=C\CCC(=O)N[C@@H](CCCCNC(=O)CCCCCCCCCCCCCCCCC)C(C)C. The minimum absolute atomic E-state index is 0.134. The molecule has 0 aromatic carbocycles. The van der Waals surface area contributed by atoms with Crippen LogP contribution in [0.1, 0.15) is 201 Å². The Morgan fingerprint density at radius 2 is 0.885 bits per heavy atom. The summed E-state index contributed by atoms with van der Waals surface area (Å²) in [6.07, 6.45) is 57.4. The van der Waals surface area contributed by atoms with Crippen LogP contribution in [-0.2, 0) is 9.59 Å². The van der Waals surface area contributed by atoms with Crippen molar-refractivity contribution in [3.63, 3.8) is 0 Å². The van der Waals surface area contributed by atoms with Gasteiger partial charge in [-0.05, 0) is 76.5 Å². The maximum atomic E-state index is 12.6. The fraction of sp³-hybridized carbons (Fsp3) is 0.708. The van der Waals surface area contributed by atoms with Crippen LogP contribution in [0, 0.1) is 5.92 Å². The first-order valence-electron chi connectivity index (χ1n) is 22.0. The molecular weight excluding hydrogens is 637 g/mol. The van der Waals surface area contributed by atoms with Crippen LogP contribution in [0.4, 0.5) is 0 Å². The summed E-state index contributed by atoms with van der Waals surface area (Å²) < 4.78 is 0. The van der Waals surface area contributed by atoms with Gasteiger partial charge in [0.15, 0.2) is 0 Å². The van der Waals surface area contributed by atoms with E-state index < -0.39 is 0 Å². The van der Waals surface area contributed by atoms with Gasteiger partial charge < -0.3 is 10.6 Å². The Morgan fingerprint density at radius 1 is 0.462 bits per heavy atom. The Hall–Kier alpha value is -2.62. The van der Waals surface area contributed by atoms with E-state index in [1.165, 1.54) is 89.9 Å². The van der Waals surface area contributed by atoms with E-state index in [9.17, 15) is 9.59 Å². The highest BCUT2D eigenvalue weighted by molar-refractivity contribution is 5.76. The molecule has 52 heavy (non-hydrogen) atoms. The molecular formula is C48H84N2O2. The lowest BCUT2D eigenvalue weighted by Crippen LogP contribution is -2.38. The number of rotatable bonds is 37. The van der Waals surface area contributed by atoms with E-state index >= 15 is 0 Å². The third-order valence-electron chi connectivity index (χ3n) is 9.56. The zero-order valence-electron chi connectivity index (χ0n) is 34.7. The van der Waals surface area contributed by atoms with Gasteiger partial charge in [0.1, 0.15) is 0 Å². The molecule has 0 unspecified atom stereocenters. The maximum Gasteiger partial charge on any atom is 0.220 e. The van der Waals surface area contributed by atoms with Crippen molar-refractivity contribution in [3.8, 4) is 0 Å². The minimum Gasteiger partial charge on any atom is -0.356 e. The lowest BCUT2D eigenvalue weighted by Gasteiger charge is -2.22. The molecule has 0 saturated carbocycles. The smallest absolute Gasteiger partial charge is 0.220 e. The van der Waals surface area contributed by atoms with Crippen LogP contribution in [0.25, 0.3) is 0 Å². The van der Waals surface area contributed by atoms with E-state index in [0.29, 0.717) is 18.8 Å². The van der Waals surface area contributed by atoms with Gasteiger partial charge in [0.2, 0.25) is 11.8 Å². The number of allylic oxidation sites excluding steroid dienone is 12. The molecule has 4 heteroatoms. The summed E-state index contributed by atoms with van der Waals surface area (Å²) in [7, 11) is 0. The summed E-state index contributed by atoms with van der Waals surface area (Å²) in [5, 5.41) is 6.36. The predicted octanol–water partition coefficient (Wildman–Crippen LogP) is 14.2. The normalized spacial score (nSPS) is 13.0. The minimum atomic E-state index is 0.134. The fourth-order valence-corrected chi connectivity index (χ4v) is 6.17. The summed E-state index contributed by atoms with van der Waals surface area (Å²) in [6, 6.07) is 0.189. The van der Waals surface area contributed by atoms with E-state index in [2.05, 4.69) is 111 Å². The van der Waals surface area contributed by atoms with Gasteiger partial charge in [-0.3, -0.25) is 9.59 Å². The largest absolute Gasteiger partial charge is 0.356 e. The van der Waals surface area contributed by atoms with Gasteiger partial charge >= 0.3 is 0 Å².